The van der Waals surface area contributed by atoms with Crippen molar-refractivity contribution in [2.24, 2.45) is 0 Å². The van der Waals surface area contributed by atoms with Crippen molar-refractivity contribution in [3.8, 4) is 0 Å². The van der Waals surface area contributed by atoms with E-state index in [2.05, 4.69) is 10.2 Å². The van der Waals surface area contributed by atoms with Crippen LogP contribution in [-0.4, -0.2) is 34.0 Å². The molecule has 0 aliphatic carbocycles. The zero-order valence-electron chi connectivity index (χ0n) is 10.0. The molecule has 1 fully saturated rings. The molecule has 2 heterocycles. The van der Waals surface area contributed by atoms with Gasteiger partial charge in [0, 0.05) is 25.2 Å². The second kappa shape index (κ2) is 6.30. The first-order valence-corrected chi connectivity index (χ1v) is 6.09. The van der Waals surface area contributed by atoms with Crippen molar-refractivity contribution in [2.75, 3.05) is 6.61 Å². The molecule has 1 aliphatic heterocycles. The number of hydrogen-bond acceptors (Lipinski definition) is 5. The van der Waals surface area contributed by atoms with Crippen molar-refractivity contribution in [3.63, 3.8) is 0 Å². The van der Waals surface area contributed by atoms with E-state index in [0.29, 0.717) is 12.3 Å². The number of nitrogens with zero attached hydrogens (tertiary/aromatic N) is 2. The van der Waals surface area contributed by atoms with Gasteiger partial charge < -0.3 is 14.3 Å². The summed E-state index contributed by atoms with van der Waals surface area (Å²) < 4.78 is 10.9. The maximum Gasteiger partial charge on any atom is 0.328 e. The van der Waals surface area contributed by atoms with Crippen LogP contribution in [0, 0.1) is 0 Å². The number of carboxylic acids is 1. The molecule has 6 nitrogen and oxygen atoms in total. The number of ether oxygens (including phenoxy) is 1. The lowest BCUT2D eigenvalue weighted by atomic mass is 10.0. The molecule has 1 atom stereocenters. The van der Waals surface area contributed by atoms with Gasteiger partial charge in [-0.25, -0.2) is 4.79 Å². The Labute approximate surface area is 105 Å². The minimum Gasteiger partial charge on any atom is -0.478 e. The first-order chi connectivity index (χ1) is 8.74. The molecule has 18 heavy (non-hydrogen) atoms. The van der Waals surface area contributed by atoms with E-state index in [-0.39, 0.29) is 12.0 Å². The van der Waals surface area contributed by atoms with Crippen LogP contribution in [0.2, 0.25) is 0 Å². The van der Waals surface area contributed by atoms with E-state index in [1.807, 2.05) is 0 Å². The lowest BCUT2D eigenvalue weighted by molar-refractivity contribution is -0.131. The molecule has 0 saturated carbocycles. The molecule has 1 saturated heterocycles. The number of rotatable bonds is 5. The Morgan fingerprint density at radius 3 is 3.06 bits per heavy atom. The van der Waals surface area contributed by atoms with Crippen LogP contribution >= 0.6 is 0 Å². The highest BCUT2D eigenvalue weighted by molar-refractivity contribution is 5.84. The average Bonchev–Trinajstić information content (AvgIpc) is 2.83. The smallest absolute Gasteiger partial charge is 0.328 e. The number of aromatic nitrogens is 2. The van der Waals surface area contributed by atoms with E-state index in [0.717, 1.165) is 31.9 Å². The number of hydrogen-bond donors (Lipinski definition) is 1. The standard InChI is InChI=1S/C12H16N2O4/c15-12(16)7-6-11-14-13-10(18-11)5-4-9-3-1-2-8-17-9/h6-7,9H,1-5,8H2,(H,15,16)/b7-6+. The molecular formula is C12H16N2O4. The van der Waals surface area contributed by atoms with Gasteiger partial charge in [-0.05, 0) is 25.7 Å². The fourth-order valence-corrected chi connectivity index (χ4v) is 1.90. The van der Waals surface area contributed by atoms with Crippen LogP contribution in [0.25, 0.3) is 6.08 Å². The predicted octanol–water partition coefficient (Wildman–Crippen LogP) is 1.67. The zero-order valence-corrected chi connectivity index (χ0v) is 10.0. The first kappa shape index (κ1) is 12.8. The molecule has 0 bridgehead atoms. The summed E-state index contributed by atoms with van der Waals surface area (Å²) in [5.41, 5.74) is 0. The summed E-state index contributed by atoms with van der Waals surface area (Å²) in [7, 11) is 0. The van der Waals surface area contributed by atoms with Gasteiger partial charge in [0.1, 0.15) is 0 Å². The summed E-state index contributed by atoms with van der Waals surface area (Å²) in [6, 6.07) is 0. The lowest BCUT2D eigenvalue weighted by Gasteiger charge is -2.21. The Morgan fingerprint density at radius 2 is 2.33 bits per heavy atom. The minimum absolute atomic E-state index is 0.219. The van der Waals surface area contributed by atoms with Crippen LogP contribution in [0.4, 0.5) is 0 Å². The third-order valence-electron chi connectivity index (χ3n) is 2.81. The third kappa shape index (κ3) is 3.96. The van der Waals surface area contributed by atoms with Gasteiger partial charge in [-0.15, -0.1) is 10.2 Å². The van der Waals surface area contributed by atoms with Gasteiger partial charge in [0.2, 0.25) is 11.8 Å². The van der Waals surface area contributed by atoms with Gasteiger partial charge in [0.15, 0.2) is 0 Å². The predicted molar refractivity (Wildman–Crippen MR) is 62.9 cm³/mol. The van der Waals surface area contributed by atoms with E-state index in [9.17, 15) is 4.79 Å². The molecule has 1 aromatic rings. The van der Waals surface area contributed by atoms with E-state index >= 15 is 0 Å². The van der Waals surface area contributed by atoms with Crippen LogP contribution in [0.1, 0.15) is 37.5 Å². The molecule has 1 N–H and O–H groups in total. The Hall–Kier alpha value is -1.69. The van der Waals surface area contributed by atoms with E-state index in [1.54, 1.807) is 0 Å². The molecule has 98 valence electrons. The highest BCUT2D eigenvalue weighted by Gasteiger charge is 2.15. The summed E-state index contributed by atoms with van der Waals surface area (Å²) >= 11 is 0. The fraction of sp³-hybridized carbons (Fsp3) is 0.583. The van der Waals surface area contributed by atoms with E-state index in [4.69, 9.17) is 14.3 Å². The largest absolute Gasteiger partial charge is 0.478 e. The van der Waals surface area contributed by atoms with Crippen molar-refractivity contribution < 1.29 is 19.1 Å². The van der Waals surface area contributed by atoms with Gasteiger partial charge in [0.25, 0.3) is 0 Å². The molecule has 0 aromatic carbocycles. The van der Waals surface area contributed by atoms with Gasteiger partial charge >= 0.3 is 5.97 Å². The number of carboxylic acid groups (broad SMARTS) is 1. The maximum absolute atomic E-state index is 10.3. The molecule has 1 unspecified atom stereocenters. The highest BCUT2D eigenvalue weighted by atomic mass is 16.5. The van der Waals surface area contributed by atoms with Gasteiger partial charge in [-0.2, -0.15) is 0 Å². The highest BCUT2D eigenvalue weighted by Crippen LogP contribution is 2.17. The summed E-state index contributed by atoms with van der Waals surface area (Å²) in [4.78, 5) is 10.3. The summed E-state index contributed by atoms with van der Waals surface area (Å²) in [6.45, 7) is 0.834. The minimum atomic E-state index is -1.04. The second-order valence-corrected chi connectivity index (χ2v) is 4.23. The Morgan fingerprint density at radius 1 is 1.44 bits per heavy atom. The molecule has 0 amide bonds. The molecule has 1 aromatic heterocycles. The molecule has 1 aliphatic rings. The van der Waals surface area contributed by atoms with Crippen LogP contribution in [-0.2, 0) is 16.0 Å². The SMILES string of the molecule is O=C(O)/C=C/c1nnc(CCC2CCCCO2)o1. The Balaban J connectivity index is 1.80. The zero-order chi connectivity index (χ0) is 12.8. The molecule has 0 spiro atoms. The van der Waals surface area contributed by atoms with Crippen molar-refractivity contribution in [1.82, 2.24) is 10.2 Å². The van der Waals surface area contributed by atoms with Crippen molar-refractivity contribution in [1.29, 1.82) is 0 Å². The molecule has 6 heteroatoms. The van der Waals surface area contributed by atoms with Gasteiger partial charge in [0.05, 0.1) is 6.10 Å². The molecule has 2 rings (SSSR count). The third-order valence-corrected chi connectivity index (χ3v) is 2.81. The maximum atomic E-state index is 10.3. The summed E-state index contributed by atoms with van der Waals surface area (Å²) in [5.74, 6) is -0.295. The van der Waals surface area contributed by atoms with Crippen molar-refractivity contribution in [3.05, 3.63) is 17.9 Å². The van der Waals surface area contributed by atoms with Gasteiger partial charge in [-0.3, -0.25) is 0 Å². The van der Waals surface area contributed by atoms with Crippen LogP contribution in [0.3, 0.4) is 0 Å². The molecular weight excluding hydrogens is 236 g/mol. The van der Waals surface area contributed by atoms with Crippen LogP contribution in [0.15, 0.2) is 10.5 Å². The number of aryl methyl sites for hydroxylation is 1. The van der Waals surface area contributed by atoms with Crippen molar-refractivity contribution in [2.45, 2.75) is 38.2 Å². The first-order valence-electron chi connectivity index (χ1n) is 6.09. The van der Waals surface area contributed by atoms with E-state index < -0.39 is 5.97 Å². The van der Waals surface area contributed by atoms with Gasteiger partial charge in [-0.1, -0.05) is 0 Å². The van der Waals surface area contributed by atoms with Crippen molar-refractivity contribution >= 4 is 12.0 Å². The summed E-state index contributed by atoms with van der Waals surface area (Å²) in [6.07, 6.45) is 7.51. The Bertz CT molecular complexity index is 421. The average molecular weight is 252 g/mol. The van der Waals surface area contributed by atoms with Crippen LogP contribution in [0.5, 0.6) is 0 Å². The fourth-order valence-electron chi connectivity index (χ4n) is 1.90. The summed E-state index contributed by atoms with van der Waals surface area (Å²) in [5, 5.41) is 16.1. The lowest BCUT2D eigenvalue weighted by Crippen LogP contribution is -2.19. The van der Waals surface area contributed by atoms with E-state index in [1.165, 1.54) is 12.5 Å². The monoisotopic (exact) mass is 252 g/mol. The normalized spacial score (nSPS) is 20.3. The number of carbonyl (C=O) groups is 1. The molecule has 0 radical (unpaired) electrons. The van der Waals surface area contributed by atoms with Crippen LogP contribution < -0.4 is 0 Å². The topological polar surface area (TPSA) is 85.5 Å². The number of aliphatic carboxylic acids is 1. The Kier molecular flexibility index (Phi) is 4.46. The quantitative estimate of drug-likeness (QED) is 0.802. The second-order valence-electron chi connectivity index (χ2n) is 4.23.